The van der Waals surface area contributed by atoms with Crippen LogP contribution in [0.5, 0.6) is 0 Å². The minimum absolute atomic E-state index is 0. The van der Waals surface area contributed by atoms with Gasteiger partial charge < -0.3 is 25.4 Å². The topological polar surface area (TPSA) is 180 Å². The number of carbonyl (C=O) groups excluding carboxylic acids is 1. The molecule has 1 fully saturated rings. The van der Waals surface area contributed by atoms with Crippen molar-refractivity contribution in [2.24, 2.45) is 20.7 Å². The number of guanidine groups is 1. The fraction of sp³-hybridized carbons (Fsp3) is 0.600. The minimum atomic E-state index is -4.74. The molecule has 0 aromatic rings. The van der Waals surface area contributed by atoms with Gasteiger partial charge in [-0.1, -0.05) is 0 Å². The molecule has 0 aliphatic carbocycles. The number of rotatable bonds is 4. The molecular formula is C10H14N5NaO7P. The molecule has 127 valence electrons. The summed E-state index contributed by atoms with van der Waals surface area (Å²) in [6.45, 7) is -0.495. The van der Waals surface area contributed by atoms with Crippen molar-refractivity contribution < 1.29 is 33.5 Å². The van der Waals surface area contributed by atoms with Crippen LogP contribution in [-0.4, -0.2) is 104 Å². The zero-order chi connectivity index (χ0) is 16.8. The monoisotopic (exact) mass is 370 g/mol. The molecule has 3 aliphatic rings. The van der Waals surface area contributed by atoms with Crippen LogP contribution >= 0.6 is 7.82 Å². The SMILES string of the molecule is NC1=NC(=O)C2N=CN(C3CC(OP(=O)(O)O)C(CO)O3)C2=N1.[Na]. The molecule has 0 bridgehead atoms. The van der Waals surface area contributed by atoms with Crippen molar-refractivity contribution in [2.75, 3.05) is 6.61 Å². The number of aliphatic hydroxyl groups excluding tert-OH is 1. The summed E-state index contributed by atoms with van der Waals surface area (Å²) in [6, 6.07) is -0.916. The van der Waals surface area contributed by atoms with Crippen LogP contribution in [0.25, 0.3) is 0 Å². The van der Waals surface area contributed by atoms with Crippen molar-refractivity contribution in [2.45, 2.75) is 30.9 Å². The second kappa shape index (κ2) is 7.28. The van der Waals surface area contributed by atoms with E-state index in [1.165, 1.54) is 11.2 Å². The van der Waals surface area contributed by atoms with Gasteiger partial charge in [0.2, 0.25) is 5.96 Å². The van der Waals surface area contributed by atoms with E-state index in [1.807, 2.05) is 0 Å². The predicted octanol–water partition coefficient (Wildman–Crippen LogP) is -2.84. The van der Waals surface area contributed by atoms with E-state index < -0.39 is 44.8 Å². The standard InChI is InChI=1S/C10H14N5O7P.Na/c11-10-13-8-7(9(17)14-10)12-3-15(8)6-1-4(5(2-16)21-6)22-23(18,19)20;/h3-7,16H,1-2H2,(H2,11,14,17)(H2,18,19,20);. The Kier molecular flexibility index (Phi) is 5.95. The van der Waals surface area contributed by atoms with Gasteiger partial charge in [0.15, 0.2) is 11.9 Å². The summed E-state index contributed by atoms with van der Waals surface area (Å²) in [5, 5.41) is 9.28. The summed E-state index contributed by atoms with van der Waals surface area (Å²) in [6.07, 6.45) is -1.39. The van der Waals surface area contributed by atoms with E-state index in [1.54, 1.807) is 0 Å². The molecule has 4 atom stereocenters. The molecule has 0 aromatic carbocycles. The van der Waals surface area contributed by atoms with Gasteiger partial charge in [0.25, 0.3) is 5.91 Å². The Morgan fingerprint density at radius 1 is 1.46 bits per heavy atom. The Bertz CT molecular complexity index is 664. The molecule has 1 amide bonds. The predicted molar refractivity (Wildman–Crippen MR) is 81.2 cm³/mol. The van der Waals surface area contributed by atoms with Gasteiger partial charge in [0.05, 0.1) is 12.9 Å². The first-order valence-corrected chi connectivity index (χ1v) is 8.10. The van der Waals surface area contributed by atoms with Gasteiger partial charge in [-0.15, -0.1) is 0 Å². The maximum Gasteiger partial charge on any atom is 0.469 e. The van der Waals surface area contributed by atoms with Crippen molar-refractivity contribution in [1.29, 1.82) is 0 Å². The fourth-order valence-corrected chi connectivity index (χ4v) is 3.13. The van der Waals surface area contributed by atoms with E-state index in [-0.39, 0.29) is 47.8 Å². The molecule has 3 rings (SSSR count). The fourth-order valence-electron chi connectivity index (χ4n) is 2.56. The zero-order valence-corrected chi connectivity index (χ0v) is 15.5. The van der Waals surface area contributed by atoms with Crippen molar-refractivity contribution in [3.05, 3.63) is 0 Å². The number of amidine groups is 1. The Morgan fingerprint density at radius 3 is 2.79 bits per heavy atom. The summed E-state index contributed by atoms with van der Waals surface area (Å²) in [5.41, 5.74) is 5.46. The maximum atomic E-state index is 11.7. The molecule has 12 nitrogen and oxygen atoms in total. The third-order valence-corrected chi connectivity index (χ3v) is 4.03. The van der Waals surface area contributed by atoms with Crippen LogP contribution in [0.2, 0.25) is 0 Å². The molecule has 5 N–H and O–H groups in total. The van der Waals surface area contributed by atoms with Crippen LogP contribution in [0.1, 0.15) is 6.42 Å². The molecule has 1 saturated heterocycles. The van der Waals surface area contributed by atoms with Crippen molar-refractivity contribution in [3.63, 3.8) is 0 Å². The van der Waals surface area contributed by atoms with E-state index in [2.05, 4.69) is 19.5 Å². The second-order valence-corrected chi connectivity index (χ2v) is 6.23. The average molecular weight is 370 g/mol. The van der Waals surface area contributed by atoms with Crippen LogP contribution in [0.4, 0.5) is 0 Å². The Morgan fingerprint density at radius 2 is 2.17 bits per heavy atom. The molecule has 3 aliphatic heterocycles. The third kappa shape index (κ3) is 3.93. The van der Waals surface area contributed by atoms with Gasteiger partial charge in [-0.2, -0.15) is 9.98 Å². The van der Waals surface area contributed by atoms with E-state index in [0.717, 1.165) is 0 Å². The van der Waals surface area contributed by atoms with Gasteiger partial charge in [-0.3, -0.25) is 19.2 Å². The largest absolute Gasteiger partial charge is 0.469 e. The van der Waals surface area contributed by atoms with Crippen molar-refractivity contribution in [3.8, 4) is 0 Å². The number of ether oxygens (including phenoxy) is 1. The smallest absolute Gasteiger partial charge is 0.394 e. The molecule has 1 radical (unpaired) electrons. The number of aliphatic imine (C=N–C) groups is 3. The molecule has 0 saturated carbocycles. The summed E-state index contributed by atoms with van der Waals surface area (Å²) >= 11 is 0. The maximum absolute atomic E-state index is 11.7. The zero-order valence-electron chi connectivity index (χ0n) is 12.6. The number of hydrogen-bond acceptors (Lipinski definition) is 9. The third-order valence-electron chi connectivity index (χ3n) is 3.48. The van der Waals surface area contributed by atoms with Gasteiger partial charge in [0, 0.05) is 36.0 Å². The number of carbonyl (C=O) groups is 1. The van der Waals surface area contributed by atoms with Gasteiger partial charge in [-0.25, -0.2) is 4.57 Å². The number of aliphatic hydroxyl groups is 1. The first-order valence-electron chi connectivity index (χ1n) is 6.57. The molecule has 14 heteroatoms. The second-order valence-electron chi connectivity index (χ2n) is 5.03. The molecule has 0 spiro atoms. The van der Waals surface area contributed by atoms with Crippen LogP contribution in [0.15, 0.2) is 15.0 Å². The number of hydrogen-bond donors (Lipinski definition) is 4. The van der Waals surface area contributed by atoms with Crippen LogP contribution in [-0.2, 0) is 18.6 Å². The average Bonchev–Trinajstić information content (AvgIpc) is 3.00. The van der Waals surface area contributed by atoms with Gasteiger partial charge >= 0.3 is 7.82 Å². The number of nitrogens with zero attached hydrogens (tertiary/aromatic N) is 4. The van der Waals surface area contributed by atoms with Crippen molar-refractivity contribution in [1.82, 2.24) is 4.90 Å². The number of phosphoric ester groups is 1. The quantitative estimate of drug-likeness (QED) is 0.299. The number of fused-ring (bicyclic) bond motifs is 1. The summed E-state index contributed by atoms with van der Waals surface area (Å²) in [7, 11) is -4.74. The van der Waals surface area contributed by atoms with Gasteiger partial charge in [-0.05, 0) is 0 Å². The van der Waals surface area contributed by atoms with Crippen LogP contribution in [0.3, 0.4) is 0 Å². The molecule has 3 heterocycles. The summed E-state index contributed by atoms with van der Waals surface area (Å²) in [4.78, 5) is 42.4. The first-order chi connectivity index (χ1) is 10.8. The summed E-state index contributed by atoms with van der Waals surface area (Å²) in [5.74, 6) is -0.566. The Labute approximate surface area is 158 Å². The molecule has 24 heavy (non-hydrogen) atoms. The van der Waals surface area contributed by atoms with Gasteiger partial charge in [0.1, 0.15) is 18.4 Å². The Balaban J connectivity index is 0.00000208. The minimum Gasteiger partial charge on any atom is -0.394 e. The normalized spacial score (nSPS) is 32.3. The number of nitrogens with two attached hydrogens (primary N) is 1. The Hall–Kier alpha value is -0.690. The van der Waals surface area contributed by atoms with Crippen LogP contribution in [0, 0.1) is 0 Å². The van der Waals surface area contributed by atoms with Crippen LogP contribution < -0.4 is 5.73 Å². The number of phosphoric acid groups is 1. The molecule has 4 unspecified atom stereocenters. The van der Waals surface area contributed by atoms with E-state index in [9.17, 15) is 14.5 Å². The first kappa shape index (κ1) is 19.6. The van der Waals surface area contributed by atoms with E-state index in [4.69, 9.17) is 20.3 Å². The number of amides is 1. The summed E-state index contributed by atoms with van der Waals surface area (Å²) < 4.78 is 21.1. The van der Waals surface area contributed by atoms with E-state index in [0.29, 0.717) is 0 Å². The molecular weight excluding hydrogens is 356 g/mol. The van der Waals surface area contributed by atoms with Crippen molar-refractivity contribution >= 4 is 61.4 Å². The molecule has 0 aromatic heterocycles. The van der Waals surface area contributed by atoms with E-state index >= 15 is 0 Å².